The van der Waals surface area contributed by atoms with E-state index in [1.54, 1.807) is 0 Å². The van der Waals surface area contributed by atoms with Gasteiger partial charge in [-0.1, -0.05) is 147 Å². The first-order valence-electron chi connectivity index (χ1n) is 22.6. The van der Waals surface area contributed by atoms with Gasteiger partial charge in [0.25, 0.3) is 0 Å². The van der Waals surface area contributed by atoms with Gasteiger partial charge >= 0.3 is 53.5 Å². The SMILES string of the molecule is CCc1cc(CC)cc(-c2c(C)ccc3[cH-]c(-c4occ5ccccc45)cc23)c1.CCc1cc(CC)cc(-c2c(C)ccc3[cH-]c(-c4occ5ccccc45)cc23)c1.C[Si](C)=[Zr]([Cl])[Cl]. The summed E-state index contributed by atoms with van der Waals surface area (Å²) in [6.45, 7) is 17.7. The molecule has 0 aliphatic rings. The summed E-state index contributed by atoms with van der Waals surface area (Å²) in [6.07, 6.45) is 7.93. The molecular weight excluding hydrogens is 919 g/mol. The Kier molecular flexibility index (Phi) is 14.5. The van der Waals surface area contributed by atoms with Gasteiger partial charge in [0.15, 0.2) is 0 Å². The second-order valence-electron chi connectivity index (χ2n) is 17.1. The quantitative estimate of drug-likeness (QED) is 0.112. The molecule has 6 heteroatoms. The van der Waals surface area contributed by atoms with E-state index in [-0.39, 0.29) is 5.43 Å². The Balaban J connectivity index is 0.000000156. The summed E-state index contributed by atoms with van der Waals surface area (Å²) in [5, 5.41) is 9.76. The first-order valence-corrected chi connectivity index (χ1v) is 35.1. The molecule has 0 radical (unpaired) electrons. The molecule has 2 heterocycles. The number of hydrogen-bond acceptors (Lipinski definition) is 2. The van der Waals surface area contributed by atoms with E-state index in [0.717, 1.165) is 59.1 Å². The molecule has 0 saturated carbocycles. The van der Waals surface area contributed by atoms with Gasteiger partial charge in [-0.15, -0.1) is 57.9 Å². The van der Waals surface area contributed by atoms with Crippen LogP contribution in [0.2, 0.25) is 13.1 Å². The van der Waals surface area contributed by atoms with Crippen molar-refractivity contribution in [2.75, 3.05) is 0 Å². The van der Waals surface area contributed by atoms with Crippen molar-refractivity contribution in [2.45, 2.75) is 80.3 Å². The van der Waals surface area contributed by atoms with Crippen molar-refractivity contribution in [3.63, 3.8) is 0 Å². The molecule has 10 aromatic rings. The number of hydrogen-bond donors (Lipinski definition) is 0. The van der Waals surface area contributed by atoms with Crippen LogP contribution in [0.5, 0.6) is 0 Å². The van der Waals surface area contributed by atoms with Crippen LogP contribution in [0.15, 0.2) is 155 Å². The van der Waals surface area contributed by atoms with E-state index in [0.29, 0.717) is 0 Å². The van der Waals surface area contributed by atoms with Crippen LogP contribution in [0.1, 0.15) is 61.1 Å². The Labute approximate surface area is 393 Å². The third kappa shape index (κ3) is 9.63. The fraction of sp³-hybridized carbons (Fsp3) is 0.207. The maximum atomic E-state index is 5.98. The summed E-state index contributed by atoms with van der Waals surface area (Å²) in [4.78, 5) is 0. The van der Waals surface area contributed by atoms with E-state index in [1.165, 1.54) is 88.0 Å². The number of halogens is 2. The predicted octanol–water partition coefficient (Wildman–Crippen LogP) is 18.3. The molecule has 0 aliphatic carbocycles. The molecule has 8 aromatic carbocycles. The van der Waals surface area contributed by atoms with Crippen LogP contribution in [-0.2, 0) is 43.7 Å². The third-order valence-corrected chi connectivity index (χ3v) is 32.2. The molecule has 0 bridgehead atoms. The van der Waals surface area contributed by atoms with Gasteiger partial charge in [-0.05, 0) is 94.8 Å². The second-order valence-corrected chi connectivity index (χ2v) is 40.0. The fourth-order valence-corrected chi connectivity index (χ4v) is 8.87. The van der Waals surface area contributed by atoms with Crippen molar-refractivity contribution in [3.8, 4) is 44.9 Å². The number of fused-ring (bicyclic) bond motifs is 4. The van der Waals surface area contributed by atoms with Gasteiger partial charge in [0.1, 0.15) is 0 Å². The molecule has 2 nitrogen and oxygen atoms in total. The summed E-state index contributed by atoms with van der Waals surface area (Å²) >= 11 is -1.65. The van der Waals surface area contributed by atoms with Crippen molar-refractivity contribution in [3.05, 3.63) is 179 Å². The normalized spacial score (nSPS) is 11.2. The first-order chi connectivity index (χ1) is 31.0. The van der Waals surface area contributed by atoms with Crippen molar-refractivity contribution in [1.82, 2.24) is 0 Å². The summed E-state index contributed by atoms with van der Waals surface area (Å²) < 4.78 is 12.0. The van der Waals surface area contributed by atoms with Gasteiger partial charge in [0.2, 0.25) is 0 Å². The average molecular weight is 975 g/mol. The van der Waals surface area contributed by atoms with E-state index >= 15 is 0 Å². The van der Waals surface area contributed by atoms with Gasteiger partial charge in [0, 0.05) is 10.8 Å². The molecule has 0 unspecified atom stereocenters. The van der Waals surface area contributed by atoms with Crippen LogP contribution in [0.25, 0.3) is 88.0 Å². The summed E-state index contributed by atoms with van der Waals surface area (Å²) in [6, 6.07) is 48.9. The molecule has 0 saturated heterocycles. The van der Waals surface area contributed by atoms with Gasteiger partial charge in [-0.2, -0.15) is 0 Å². The van der Waals surface area contributed by atoms with E-state index in [1.807, 2.05) is 12.5 Å². The van der Waals surface area contributed by atoms with Crippen LogP contribution < -0.4 is 0 Å². The Morgan fingerprint density at radius 2 is 0.844 bits per heavy atom. The van der Waals surface area contributed by atoms with Gasteiger partial charge in [0.05, 0.1) is 24.0 Å². The summed E-state index contributed by atoms with van der Waals surface area (Å²) in [5.74, 6) is 1.91. The maximum absolute atomic E-state index is 5.98. The zero-order chi connectivity index (χ0) is 45.1. The molecule has 0 N–H and O–H groups in total. The van der Waals surface area contributed by atoms with Crippen molar-refractivity contribution < 1.29 is 26.8 Å². The van der Waals surface area contributed by atoms with Crippen LogP contribution in [0.4, 0.5) is 0 Å². The first kappa shape index (κ1) is 45.9. The number of benzene rings is 6. The molecule has 64 heavy (non-hydrogen) atoms. The topological polar surface area (TPSA) is 26.3 Å². The summed E-state index contributed by atoms with van der Waals surface area (Å²) in [7, 11) is 11.2. The molecular formula is C58H56Cl2O2SiZr-2. The minimum atomic E-state index is -1.65. The van der Waals surface area contributed by atoms with Crippen LogP contribution in [0.3, 0.4) is 0 Å². The van der Waals surface area contributed by atoms with Crippen molar-refractivity contribution >= 4 is 65.5 Å². The zero-order valence-corrected chi connectivity index (χ0v) is 43.2. The van der Waals surface area contributed by atoms with E-state index in [9.17, 15) is 0 Å². The van der Waals surface area contributed by atoms with E-state index in [4.69, 9.17) is 25.9 Å². The van der Waals surface area contributed by atoms with Crippen LogP contribution >= 0.6 is 17.0 Å². The molecule has 0 aliphatic heterocycles. The van der Waals surface area contributed by atoms with Crippen LogP contribution in [0, 0.1) is 13.8 Å². The third-order valence-electron chi connectivity index (χ3n) is 12.4. The fourth-order valence-electron chi connectivity index (χ4n) is 8.87. The monoisotopic (exact) mass is 972 g/mol. The van der Waals surface area contributed by atoms with Crippen LogP contribution in [-0.4, -0.2) is 5.43 Å². The van der Waals surface area contributed by atoms with E-state index in [2.05, 4.69) is 188 Å². The zero-order valence-electron chi connectivity index (χ0n) is 38.3. The Morgan fingerprint density at radius 3 is 1.19 bits per heavy atom. The number of rotatable bonds is 8. The molecule has 0 amide bonds. The predicted molar refractivity (Wildman–Crippen MR) is 277 cm³/mol. The molecule has 10 rings (SSSR count). The van der Waals surface area contributed by atoms with Crippen molar-refractivity contribution in [2.24, 2.45) is 0 Å². The van der Waals surface area contributed by atoms with E-state index < -0.39 is 18.0 Å². The standard InChI is InChI=1S/2C28H25O.C2H6Si.2ClH.Zr/c2*1-4-19-12-20(5-2)14-23(13-19)27-18(3)10-11-21-15-24(16-26(21)27)28-25-9-7-6-8-22(25)17-29-28;1-3-2;;;/h2*6-17H,4-5H2,1-3H3;1-2H3;2*1H;/q2*-1;;;;+2/p-2. The van der Waals surface area contributed by atoms with Gasteiger partial charge in [-0.25, -0.2) is 0 Å². The number of aryl methyl sites for hydroxylation is 6. The van der Waals surface area contributed by atoms with Crippen molar-refractivity contribution in [1.29, 1.82) is 0 Å². The second kappa shape index (κ2) is 20.2. The summed E-state index contributed by atoms with van der Waals surface area (Å²) in [5.41, 5.74) is 15.6. The Hall–Kier alpha value is -4.70. The molecule has 0 fully saturated rings. The Bertz CT molecular complexity index is 3030. The molecule has 324 valence electrons. The minimum absolute atomic E-state index is 0.224. The molecule has 0 spiro atoms. The number of furan rings is 2. The molecule has 2 aromatic heterocycles. The molecule has 0 atom stereocenters. The average Bonchev–Trinajstić information content (AvgIpc) is 4.13. The Morgan fingerprint density at radius 1 is 0.484 bits per heavy atom. The van der Waals surface area contributed by atoms with Gasteiger partial charge < -0.3 is 8.83 Å². The van der Waals surface area contributed by atoms with Gasteiger partial charge in [-0.3, -0.25) is 0 Å².